The molecule has 0 spiro atoms. The standard InChI is InChI=1S/C21H21N5O2S/c1-3-11-26-18-9-5-4-8-17(18)23-21(26)24-19(27)16-7-6-10-22-20(16)29-13-15-12-14(2)28-25-15/h4-10,12H,3,11,13H2,1-2H3,(H,23,24,27). The Labute approximate surface area is 172 Å². The molecule has 29 heavy (non-hydrogen) atoms. The van der Waals surface area contributed by atoms with Crippen LogP contribution in [0.4, 0.5) is 5.95 Å². The van der Waals surface area contributed by atoms with Gasteiger partial charge < -0.3 is 9.09 Å². The second-order valence-electron chi connectivity index (χ2n) is 6.60. The maximum absolute atomic E-state index is 13.0. The number of thioether (sulfide) groups is 1. The molecular weight excluding hydrogens is 386 g/mol. The first-order valence-electron chi connectivity index (χ1n) is 9.42. The normalized spacial score (nSPS) is 11.1. The third-order valence-corrected chi connectivity index (χ3v) is 5.42. The van der Waals surface area contributed by atoms with Crippen LogP contribution in [0.25, 0.3) is 11.0 Å². The lowest BCUT2D eigenvalue weighted by molar-refractivity contribution is 0.102. The first kappa shape index (κ1) is 19.2. The topological polar surface area (TPSA) is 85.8 Å². The third-order valence-electron chi connectivity index (χ3n) is 4.38. The Morgan fingerprint density at radius 3 is 2.90 bits per heavy atom. The van der Waals surface area contributed by atoms with E-state index in [9.17, 15) is 4.79 Å². The van der Waals surface area contributed by atoms with Crippen molar-refractivity contribution in [1.29, 1.82) is 0 Å². The molecule has 1 aromatic carbocycles. The number of hydrogen-bond donors (Lipinski definition) is 1. The van der Waals surface area contributed by atoms with Crippen LogP contribution < -0.4 is 5.32 Å². The molecule has 3 aromatic heterocycles. The van der Waals surface area contributed by atoms with E-state index in [1.54, 1.807) is 18.3 Å². The summed E-state index contributed by atoms with van der Waals surface area (Å²) in [5.41, 5.74) is 3.19. The highest BCUT2D eigenvalue weighted by molar-refractivity contribution is 7.98. The van der Waals surface area contributed by atoms with Crippen LogP contribution in [0.5, 0.6) is 0 Å². The number of nitrogens with zero attached hydrogens (tertiary/aromatic N) is 4. The van der Waals surface area contributed by atoms with E-state index in [1.165, 1.54) is 11.8 Å². The quantitative estimate of drug-likeness (QED) is 0.448. The Hall–Kier alpha value is -3.13. The molecule has 1 amide bonds. The van der Waals surface area contributed by atoms with Crippen LogP contribution in [0.3, 0.4) is 0 Å². The highest BCUT2D eigenvalue weighted by Crippen LogP contribution is 2.26. The van der Waals surface area contributed by atoms with Crippen LogP contribution in [0.2, 0.25) is 0 Å². The molecule has 7 nitrogen and oxygen atoms in total. The van der Waals surface area contributed by atoms with Gasteiger partial charge >= 0.3 is 0 Å². The Kier molecular flexibility index (Phi) is 5.62. The second kappa shape index (κ2) is 8.48. The molecule has 0 unspecified atom stereocenters. The number of carbonyl (C=O) groups is 1. The Balaban J connectivity index is 1.57. The first-order chi connectivity index (χ1) is 14.2. The summed E-state index contributed by atoms with van der Waals surface area (Å²) in [6, 6.07) is 13.3. The molecular formula is C21H21N5O2S. The molecule has 0 aliphatic heterocycles. The minimum Gasteiger partial charge on any atom is -0.361 e. The van der Waals surface area contributed by atoms with Crippen molar-refractivity contribution in [2.45, 2.75) is 37.6 Å². The van der Waals surface area contributed by atoms with E-state index in [4.69, 9.17) is 4.52 Å². The van der Waals surface area contributed by atoms with Crippen molar-refractivity contribution in [3.63, 3.8) is 0 Å². The van der Waals surface area contributed by atoms with Gasteiger partial charge in [0.1, 0.15) is 10.8 Å². The second-order valence-corrected chi connectivity index (χ2v) is 7.57. The number of rotatable bonds is 7. The smallest absolute Gasteiger partial charge is 0.260 e. The van der Waals surface area contributed by atoms with Crippen LogP contribution in [0.15, 0.2) is 58.2 Å². The molecule has 0 bridgehead atoms. The Morgan fingerprint density at radius 1 is 1.24 bits per heavy atom. The fraction of sp³-hybridized carbons (Fsp3) is 0.238. The Bertz CT molecular complexity index is 1150. The van der Waals surface area contributed by atoms with Gasteiger partial charge in [-0.05, 0) is 37.6 Å². The zero-order valence-corrected chi connectivity index (χ0v) is 17.1. The molecule has 1 N–H and O–H groups in total. The molecule has 0 radical (unpaired) electrons. The van der Waals surface area contributed by atoms with Crippen LogP contribution in [-0.2, 0) is 12.3 Å². The molecule has 8 heteroatoms. The van der Waals surface area contributed by atoms with E-state index in [-0.39, 0.29) is 5.91 Å². The minimum absolute atomic E-state index is 0.232. The van der Waals surface area contributed by atoms with Crippen molar-refractivity contribution in [2.75, 3.05) is 5.32 Å². The molecule has 148 valence electrons. The van der Waals surface area contributed by atoms with Crippen molar-refractivity contribution in [3.8, 4) is 0 Å². The fourth-order valence-electron chi connectivity index (χ4n) is 3.10. The summed E-state index contributed by atoms with van der Waals surface area (Å²) in [7, 11) is 0. The molecule has 0 aliphatic carbocycles. The van der Waals surface area contributed by atoms with E-state index in [0.717, 1.165) is 35.5 Å². The van der Waals surface area contributed by atoms with Crippen molar-refractivity contribution < 1.29 is 9.32 Å². The number of amides is 1. The number of aromatic nitrogens is 4. The predicted octanol–water partition coefficient (Wildman–Crippen LogP) is 4.68. The van der Waals surface area contributed by atoms with Crippen LogP contribution >= 0.6 is 11.8 Å². The summed E-state index contributed by atoms with van der Waals surface area (Å²) in [5.74, 6) is 1.65. The molecule has 0 atom stereocenters. The van der Waals surface area contributed by atoms with Gasteiger partial charge in [0.05, 0.1) is 22.3 Å². The number of anilines is 1. The lowest BCUT2D eigenvalue weighted by atomic mass is 10.3. The van der Waals surface area contributed by atoms with Crippen molar-refractivity contribution >= 4 is 34.7 Å². The van der Waals surface area contributed by atoms with Gasteiger partial charge in [-0.25, -0.2) is 9.97 Å². The van der Waals surface area contributed by atoms with Gasteiger partial charge in [0.2, 0.25) is 5.95 Å². The van der Waals surface area contributed by atoms with Crippen LogP contribution in [0, 0.1) is 6.92 Å². The number of nitrogens with one attached hydrogen (secondary N) is 1. The van der Waals surface area contributed by atoms with Gasteiger partial charge in [0, 0.05) is 24.6 Å². The molecule has 0 saturated carbocycles. The van der Waals surface area contributed by atoms with Crippen molar-refractivity contribution in [3.05, 3.63) is 65.7 Å². The number of benzene rings is 1. The number of hydrogen-bond acceptors (Lipinski definition) is 6. The van der Waals surface area contributed by atoms with Crippen LogP contribution in [0.1, 0.15) is 35.2 Å². The monoisotopic (exact) mass is 407 g/mol. The maximum Gasteiger partial charge on any atom is 0.260 e. The van der Waals surface area contributed by atoms with Crippen LogP contribution in [-0.4, -0.2) is 25.6 Å². The predicted molar refractivity (Wildman–Crippen MR) is 113 cm³/mol. The van der Waals surface area contributed by atoms with Crippen molar-refractivity contribution in [1.82, 2.24) is 19.7 Å². The van der Waals surface area contributed by atoms with Gasteiger partial charge in [0.15, 0.2) is 0 Å². The molecule has 4 aromatic rings. The number of imidazole rings is 1. The van der Waals surface area contributed by atoms with E-state index < -0.39 is 0 Å². The van der Waals surface area contributed by atoms with Gasteiger partial charge in [-0.2, -0.15) is 0 Å². The zero-order chi connectivity index (χ0) is 20.2. The van der Waals surface area contributed by atoms with E-state index >= 15 is 0 Å². The maximum atomic E-state index is 13.0. The lowest BCUT2D eigenvalue weighted by Gasteiger charge is -2.10. The van der Waals surface area contributed by atoms with Gasteiger partial charge in [-0.1, -0.05) is 36.0 Å². The molecule has 3 heterocycles. The molecule has 0 saturated heterocycles. The summed E-state index contributed by atoms with van der Waals surface area (Å²) in [6.45, 7) is 4.72. The fourth-order valence-corrected chi connectivity index (χ4v) is 3.97. The molecule has 4 rings (SSSR count). The van der Waals surface area contributed by atoms with E-state index in [2.05, 4.69) is 27.4 Å². The average Bonchev–Trinajstić information content (AvgIpc) is 3.30. The van der Waals surface area contributed by atoms with Gasteiger partial charge in [-0.15, -0.1) is 0 Å². The van der Waals surface area contributed by atoms with E-state index in [0.29, 0.717) is 22.3 Å². The highest BCUT2D eigenvalue weighted by Gasteiger charge is 2.17. The minimum atomic E-state index is -0.232. The zero-order valence-electron chi connectivity index (χ0n) is 16.3. The molecule has 0 fully saturated rings. The van der Waals surface area contributed by atoms with Gasteiger partial charge in [0.25, 0.3) is 5.91 Å². The first-order valence-corrected chi connectivity index (χ1v) is 10.4. The summed E-state index contributed by atoms with van der Waals surface area (Å²) in [5, 5.41) is 7.60. The number of fused-ring (bicyclic) bond motifs is 1. The average molecular weight is 407 g/mol. The van der Waals surface area contributed by atoms with Gasteiger partial charge in [-0.3, -0.25) is 10.1 Å². The summed E-state index contributed by atoms with van der Waals surface area (Å²) < 4.78 is 7.14. The van der Waals surface area contributed by atoms with E-state index in [1.807, 2.05) is 41.8 Å². The summed E-state index contributed by atoms with van der Waals surface area (Å²) in [4.78, 5) is 22.0. The largest absolute Gasteiger partial charge is 0.361 e. The summed E-state index contributed by atoms with van der Waals surface area (Å²) in [6.07, 6.45) is 2.62. The number of carbonyl (C=O) groups excluding carboxylic acids is 1. The molecule has 0 aliphatic rings. The Morgan fingerprint density at radius 2 is 2.10 bits per heavy atom. The number of aryl methyl sites for hydroxylation is 2. The van der Waals surface area contributed by atoms with Crippen molar-refractivity contribution in [2.24, 2.45) is 0 Å². The SMILES string of the molecule is CCCn1c(NC(=O)c2cccnc2SCc2cc(C)on2)nc2ccccc21. The highest BCUT2D eigenvalue weighted by atomic mass is 32.2. The third kappa shape index (κ3) is 4.17. The number of para-hydroxylation sites is 2. The lowest BCUT2D eigenvalue weighted by Crippen LogP contribution is -2.17. The summed E-state index contributed by atoms with van der Waals surface area (Å²) >= 11 is 1.45. The number of pyridine rings is 1.